The summed E-state index contributed by atoms with van der Waals surface area (Å²) in [6.45, 7) is 6.59. The number of amides is 2. The topological polar surface area (TPSA) is 61.4 Å². The van der Waals surface area contributed by atoms with Gasteiger partial charge >= 0.3 is 0 Å². The van der Waals surface area contributed by atoms with Gasteiger partial charge in [-0.1, -0.05) is 25.6 Å². The highest BCUT2D eigenvalue weighted by molar-refractivity contribution is 6.01. The van der Waals surface area contributed by atoms with Crippen molar-refractivity contribution < 1.29 is 18.4 Å². The lowest BCUT2D eigenvalue weighted by atomic mass is 9.75. The Morgan fingerprint density at radius 2 is 1.91 bits per heavy atom. The summed E-state index contributed by atoms with van der Waals surface area (Å²) in [5.41, 5.74) is 3.61. The van der Waals surface area contributed by atoms with E-state index in [1.165, 1.54) is 12.0 Å². The monoisotopic (exact) mass is 485 g/mol. The molecule has 1 unspecified atom stereocenters. The number of fused-ring (bicyclic) bond motifs is 1. The number of allylic oxidation sites excluding steroid dienone is 1. The zero-order valence-corrected chi connectivity index (χ0v) is 20.6. The Labute approximate surface area is 206 Å². The molecule has 3 fully saturated rings. The summed E-state index contributed by atoms with van der Waals surface area (Å²) in [6, 6.07) is 6.20. The van der Waals surface area contributed by atoms with Crippen molar-refractivity contribution in [2.24, 2.45) is 11.8 Å². The molecule has 0 radical (unpaired) electrons. The van der Waals surface area contributed by atoms with Gasteiger partial charge in [0, 0.05) is 42.7 Å². The van der Waals surface area contributed by atoms with Crippen LogP contribution in [-0.4, -0.2) is 40.8 Å². The maximum Gasteiger partial charge on any atom is 0.255 e. The van der Waals surface area contributed by atoms with E-state index < -0.39 is 12.0 Å². The van der Waals surface area contributed by atoms with Crippen LogP contribution in [-0.2, 0) is 17.8 Å². The van der Waals surface area contributed by atoms with E-state index in [1.807, 2.05) is 6.07 Å². The lowest BCUT2D eigenvalue weighted by Crippen LogP contribution is -2.49. The quantitative estimate of drug-likeness (QED) is 0.621. The first kappa shape index (κ1) is 24.4. The number of hydrogen-bond acceptors (Lipinski definition) is 3. The Morgan fingerprint density at radius 3 is 2.66 bits per heavy atom. The Bertz CT molecular complexity index is 1000. The SMILES string of the molecule is C=C1CCC(N2Cc3cc(C[C@H]4C[C@@H](C)CC[C@@H]4NC4CCC(F)(F)CC4)ccc3C2=O)C(=O)N1. The third-order valence-corrected chi connectivity index (χ3v) is 8.61. The van der Waals surface area contributed by atoms with Crippen molar-refractivity contribution in [3.8, 4) is 0 Å². The molecule has 1 aromatic rings. The number of rotatable bonds is 5. The average Bonchev–Trinajstić information content (AvgIpc) is 3.12. The molecule has 2 N–H and O–H groups in total. The molecular weight excluding hydrogens is 448 g/mol. The first-order valence-corrected chi connectivity index (χ1v) is 13.2. The maximum absolute atomic E-state index is 13.6. The van der Waals surface area contributed by atoms with Crippen LogP contribution in [0.15, 0.2) is 30.5 Å². The van der Waals surface area contributed by atoms with Crippen LogP contribution in [0.3, 0.4) is 0 Å². The van der Waals surface area contributed by atoms with E-state index in [0.717, 1.165) is 24.8 Å². The zero-order valence-electron chi connectivity index (χ0n) is 20.6. The predicted molar refractivity (Wildman–Crippen MR) is 131 cm³/mol. The molecule has 1 saturated heterocycles. The molecule has 2 aliphatic heterocycles. The number of alkyl halides is 2. The third kappa shape index (κ3) is 5.30. The van der Waals surface area contributed by atoms with Crippen LogP contribution < -0.4 is 10.6 Å². The fourth-order valence-electron chi connectivity index (χ4n) is 6.59. The van der Waals surface area contributed by atoms with Crippen molar-refractivity contribution in [3.63, 3.8) is 0 Å². The number of benzene rings is 1. The number of halogens is 2. The molecule has 0 aromatic heterocycles. The Hall–Kier alpha value is -2.28. The molecule has 0 spiro atoms. The highest BCUT2D eigenvalue weighted by Gasteiger charge is 2.39. The van der Waals surface area contributed by atoms with Gasteiger partial charge in [0.2, 0.25) is 11.8 Å². The van der Waals surface area contributed by atoms with Crippen molar-refractivity contribution >= 4 is 11.8 Å². The minimum absolute atomic E-state index is 0.0130. The number of carbonyl (C=O) groups excluding carboxylic acids is 2. The van der Waals surface area contributed by atoms with Crippen LogP contribution in [0.4, 0.5) is 8.78 Å². The van der Waals surface area contributed by atoms with Gasteiger partial charge in [-0.15, -0.1) is 0 Å². The summed E-state index contributed by atoms with van der Waals surface area (Å²) >= 11 is 0. The molecule has 2 amide bonds. The van der Waals surface area contributed by atoms with Crippen LogP contribution in [0, 0.1) is 11.8 Å². The highest BCUT2D eigenvalue weighted by atomic mass is 19.3. The zero-order chi connectivity index (χ0) is 24.7. The molecular formula is C28H37F2N3O2. The van der Waals surface area contributed by atoms with Crippen molar-refractivity contribution in [3.05, 3.63) is 47.2 Å². The van der Waals surface area contributed by atoms with Gasteiger partial charge in [-0.05, 0) is 80.4 Å². The Morgan fingerprint density at radius 1 is 1.14 bits per heavy atom. The van der Waals surface area contributed by atoms with Crippen LogP contribution in [0.5, 0.6) is 0 Å². The molecule has 2 aliphatic carbocycles. The fraction of sp³-hybridized carbons (Fsp3) is 0.643. The average molecular weight is 486 g/mol. The van der Waals surface area contributed by atoms with Gasteiger partial charge in [0.1, 0.15) is 6.04 Å². The standard InChI is InChI=1S/C28H37F2N3O2/c1-17-3-7-24(32-22-9-11-28(29,30)12-10-22)20(13-17)14-19-5-6-23-21(15-19)16-33(27(23)35)25-8-4-18(2)31-26(25)34/h5-6,15,17,20,22,24-25,32H,2-4,7-14,16H2,1H3,(H,31,34)/t17-,20+,24-,25?/m0/s1. The Kier molecular flexibility index (Phi) is 6.73. The normalized spacial score (nSPS) is 31.4. The molecule has 35 heavy (non-hydrogen) atoms. The molecule has 2 saturated carbocycles. The van der Waals surface area contributed by atoms with Crippen LogP contribution in [0.25, 0.3) is 0 Å². The molecule has 2 heterocycles. The number of nitrogens with one attached hydrogen (secondary N) is 2. The summed E-state index contributed by atoms with van der Waals surface area (Å²) in [5.74, 6) is -1.62. The maximum atomic E-state index is 13.6. The van der Waals surface area contributed by atoms with E-state index in [4.69, 9.17) is 0 Å². The second-order valence-corrected chi connectivity index (χ2v) is 11.4. The first-order chi connectivity index (χ1) is 16.7. The van der Waals surface area contributed by atoms with E-state index in [0.29, 0.717) is 61.4 Å². The van der Waals surface area contributed by atoms with Gasteiger partial charge in [0.05, 0.1) is 0 Å². The van der Waals surface area contributed by atoms with E-state index >= 15 is 0 Å². The van der Waals surface area contributed by atoms with E-state index in [1.54, 1.807) is 4.90 Å². The predicted octanol–water partition coefficient (Wildman–Crippen LogP) is 4.95. The van der Waals surface area contributed by atoms with E-state index in [-0.39, 0.29) is 30.7 Å². The van der Waals surface area contributed by atoms with E-state index in [9.17, 15) is 18.4 Å². The molecule has 4 atom stereocenters. The van der Waals surface area contributed by atoms with Crippen molar-refractivity contribution in [2.75, 3.05) is 0 Å². The first-order valence-electron chi connectivity index (χ1n) is 13.2. The Balaban J connectivity index is 1.26. The largest absolute Gasteiger partial charge is 0.329 e. The van der Waals surface area contributed by atoms with Gasteiger partial charge in [-0.25, -0.2) is 8.78 Å². The molecule has 0 bridgehead atoms. The van der Waals surface area contributed by atoms with Crippen LogP contribution in [0.2, 0.25) is 0 Å². The fourth-order valence-corrected chi connectivity index (χ4v) is 6.59. The van der Waals surface area contributed by atoms with Gasteiger partial charge < -0.3 is 15.5 Å². The van der Waals surface area contributed by atoms with Crippen LogP contribution >= 0.6 is 0 Å². The van der Waals surface area contributed by atoms with Crippen molar-refractivity contribution in [1.29, 1.82) is 0 Å². The molecule has 1 aromatic carbocycles. The molecule has 4 aliphatic rings. The molecule has 5 nitrogen and oxygen atoms in total. The second-order valence-electron chi connectivity index (χ2n) is 11.4. The summed E-state index contributed by atoms with van der Waals surface area (Å²) in [4.78, 5) is 27.2. The molecule has 190 valence electrons. The molecule has 7 heteroatoms. The van der Waals surface area contributed by atoms with Crippen molar-refractivity contribution in [2.45, 2.75) is 102 Å². The minimum atomic E-state index is -2.50. The highest BCUT2D eigenvalue weighted by Crippen LogP contribution is 2.37. The van der Waals surface area contributed by atoms with Gasteiger partial charge in [0.15, 0.2) is 0 Å². The number of carbonyl (C=O) groups is 2. The van der Waals surface area contributed by atoms with Gasteiger partial charge in [-0.3, -0.25) is 9.59 Å². The van der Waals surface area contributed by atoms with Gasteiger partial charge in [0.25, 0.3) is 5.91 Å². The smallest absolute Gasteiger partial charge is 0.255 e. The number of piperidine rings is 1. The summed E-state index contributed by atoms with van der Waals surface area (Å²) < 4.78 is 27.2. The molecule has 5 rings (SSSR count). The van der Waals surface area contributed by atoms with Crippen molar-refractivity contribution in [1.82, 2.24) is 15.5 Å². The lowest BCUT2D eigenvalue weighted by Gasteiger charge is -2.39. The number of nitrogens with zero attached hydrogens (tertiary/aromatic N) is 1. The lowest BCUT2D eigenvalue weighted by molar-refractivity contribution is -0.126. The third-order valence-electron chi connectivity index (χ3n) is 8.61. The summed E-state index contributed by atoms with van der Waals surface area (Å²) in [7, 11) is 0. The minimum Gasteiger partial charge on any atom is -0.329 e. The van der Waals surface area contributed by atoms with E-state index in [2.05, 4.69) is 36.3 Å². The van der Waals surface area contributed by atoms with Crippen LogP contribution in [0.1, 0.15) is 86.2 Å². The summed E-state index contributed by atoms with van der Waals surface area (Å²) in [6.07, 6.45) is 6.65. The van der Waals surface area contributed by atoms with Gasteiger partial charge in [-0.2, -0.15) is 0 Å². The second kappa shape index (κ2) is 9.64. The summed E-state index contributed by atoms with van der Waals surface area (Å²) in [5, 5.41) is 6.55. The number of hydrogen-bond donors (Lipinski definition) is 2.